The molecular weight excluding hydrogens is 892 g/mol. The van der Waals surface area contributed by atoms with Crippen LogP contribution in [0.4, 0.5) is 39.8 Å². The molecule has 1 unspecified atom stereocenters. The maximum absolute atomic E-state index is 17.7. The van der Waals surface area contributed by atoms with Gasteiger partial charge in [0.2, 0.25) is 5.16 Å². The lowest BCUT2D eigenvalue weighted by Crippen LogP contribution is -2.45. The van der Waals surface area contributed by atoms with Crippen molar-refractivity contribution in [1.29, 1.82) is 5.26 Å². The van der Waals surface area contributed by atoms with E-state index in [1.807, 2.05) is 6.07 Å². The van der Waals surface area contributed by atoms with Crippen LogP contribution in [-0.4, -0.2) is 73.7 Å². The summed E-state index contributed by atoms with van der Waals surface area (Å²) in [5.74, 6) is -1.99. The third-order valence-corrected chi connectivity index (χ3v) is 11.3. The highest BCUT2D eigenvalue weighted by Gasteiger charge is 2.39. The first-order valence-corrected chi connectivity index (χ1v) is 22.5. The summed E-state index contributed by atoms with van der Waals surface area (Å²) in [7, 11) is -1.91. The van der Waals surface area contributed by atoms with Crippen molar-refractivity contribution in [3.05, 3.63) is 70.9 Å². The molecule has 0 fully saturated rings. The molecule has 0 aliphatic carbocycles. The van der Waals surface area contributed by atoms with Gasteiger partial charge in [-0.3, -0.25) is 9.53 Å². The first-order valence-electron chi connectivity index (χ1n) is 19.8. The number of thiophene rings is 1. The van der Waals surface area contributed by atoms with Crippen LogP contribution in [0.15, 0.2) is 48.3 Å². The van der Waals surface area contributed by atoms with Crippen LogP contribution in [0.1, 0.15) is 85.9 Å². The van der Waals surface area contributed by atoms with Gasteiger partial charge in [-0.15, -0.1) is 17.9 Å². The van der Waals surface area contributed by atoms with Crippen molar-refractivity contribution < 1.29 is 46.3 Å². The number of halogens is 3. The first kappa shape index (κ1) is 47.5. The second kappa shape index (κ2) is 17.9. The zero-order valence-corrected chi connectivity index (χ0v) is 39.2. The number of anilines is 3. The van der Waals surface area contributed by atoms with Crippen molar-refractivity contribution in [1.82, 2.24) is 15.0 Å². The van der Waals surface area contributed by atoms with E-state index in [2.05, 4.69) is 26.8 Å². The third kappa shape index (κ3) is 9.73. The monoisotopic (exact) mass is 937 g/mol. The molecule has 1 N–H and O–H groups in total. The van der Waals surface area contributed by atoms with Gasteiger partial charge in [-0.05, 0) is 86.4 Å². The summed E-state index contributed by atoms with van der Waals surface area (Å²) in [4.78, 5) is 56.6. The molecule has 0 radical (unpaired) electrons. The summed E-state index contributed by atoms with van der Waals surface area (Å²) >= 11 is 7.91. The fourth-order valence-corrected chi connectivity index (χ4v) is 8.71. The van der Waals surface area contributed by atoms with Gasteiger partial charge in [-0.2, -0.15) is 10.2 Å². The highest BCUT2D eigenvalue weighted by atomic mass is 35.5. The molecule has 3 aromatic heterocycles. The zero-order chi connectivity index (χ0) is 47.2. The predicted molar refractivity (Wildman–Crippen MR) is 242 cm³/mol. The molecule has 64 heavy (non-hydrogen) atoms. The Morgan fingerprint density at radius 1 is 1.05 bits per heavy atom. The zero-order valence-electron chi connectivity index (χ0n) is 36.8. The molecule has 1 aliphatic rings. The molecular formula is C44H46ClF2N7O8S2. The van der Waals surface area contributed by atoms with Crippen LogP contribution >= 0.6 is 22.9 Å². The van der Waals surface area contributed by atoms with Gasteiger partial charge in [0, 0.05) is 29.0 Å². The fraction of sp³-hybridized carbons (Fsp3) is 0.386. The van der Waals surface area contributed by atoms with E-state index in [1.165, 1.54) is 18.5 Å². The smallest absolute Gasteiger partial charge is 0.425 e. The topological polar surface area (TPSA) is 186 Å². The van der Waals surface area contributed by atoms with Crippen molar-refractivity contribution in [2.24, 2.45) is 0 Å². The molecule has 15 nitrogen and oxygen atoms in total. The largest absolute Gasteiger partial charge is 0.489 e. The Kier molecular flexibility index (Phi) is 13.3. The van der Waals surface area contributed by atoms with Gasteiger partial charge in [0.25, 0.3) is 0 Å². The standard InChI is InChI=1S/C44H46ClF2N7O8S2/c1-12-14-26(22-15-13-18-49-35(22)54(40(56)61-43(5,6)7)41(57)62-44(8,9)10)53-19-20-59-33-29-32(50-38(64(11)58)51-36(29)53)31(47)28(30(33)45)23-16-17-25(46)34-27(23)24(21-48)37(63-34)52-39(55)60-42(2,3)4/h12-13,15-18,26H,1,14,19-20H2,2-11H3,(H,52,55)/t26-,64?/m1/s1. The fourth-order valence-electron chi connectivity index (χ4n) is 6.87. The molecule has 4 heterocycles. The van der Waals surface area contributed by atoms with Crippen LogP contribution in [0.3, 0.4) is 0 Å². The van der Waals surface area contributed by atoms with Gasteiger partial charge < -0.3 is 23.8 Å². The minimum atomic E-state index is -1.91. The van der Waals surface area contributed by atoms with Crippen molar-refractivity contribution in [3.8, 4) is 22.9 Å². The Hall–Kier alpha value is -5.97. The van der Waals surface area contributed by atoms with E-state index in [9.17, 15) is 23.9 Å². The molecule has 3 amide bonds. The van der Waals surface area contributed by atoms with E-state index in [0.29, 0.717) is 10.5 Å². The van der Waals surface area contributed by atoms with Gasteiger partial charge in [-0.25, -0.2) is 38.1 Å². The summed E-state index contributed by atoms with van der Waals surface area (Å²) in [6, 6.07) is 6.69. The molecule has 338 valence electrons. The Balaban J connectivity index is 1.61. The number of imide groups is 1. The number of fused-ring (bicyclic) bond motifs is 1. The number of nitrogens with zero attached hydrogens (tertiary/aromatic N) is 6. The predicted octanol–water partition coefficient (Wildman–Crippen LogP) is 11.0. The summed E-state index contributed by atoms with van der Waals surface area (Å²) in [5.41, 5.74) is -3.56. The van der Waals surface area contributed by atoms with Gasteiger partial charge in [0.15, 0.2) is 17.4 Å². The van der Waals surface area contributed by atoms with Crippen molar-refractivity contribution in [2.75, 3.05) is 34.5 Å². The lowest BCUT2D eigenvalue weighted by Gasteiger charge is -2.34. The Bertz CT molecular complexity index is 2770. The number of hydrogen-bond donors (Lipinski definition) is 1. The number of nitrogens with one attached hydrogen (secondary N) is 1. The summed E-state index contributed by atoms with van der Waals surface area (Å²) < 4.78 is 69.4. The summed E-state index contributed by atoms with van der Waals surface area (Å²) in [5, 5.41) is 12.2. The van der Waals surface area contributed by atoms with Gasteiger partial charge in [-0.1, -0.05) is 29.8 Å². The molecule has 6 rings (SSSR count). The minimum absolute atomic E-state index is 0.0131. The van der Waals surface area contributed by atoms with E-state index in [1.54, 1.807) is 85.4 Å². The number of ether oxygens (including phenoxy) is 4. The number of pyridine rings is 1. The van der Waals surface area contributed by atoms with E-state index in [0.717, 1.165) is 17.4 Å². The molecule has 0 saturated heterocycles. The molecule has 2 aromatic carbocycles. The average molecular weight is 938 g/mol. The molecule has 2 atom stereocenters. The van der Waals surface area contributed by atoms with Crippen LogP contribution in [0.5, 0.6) is 5.75 Å². The average Bonchev–Trinajstić information content (AvgIpc) is 3.42. The molecule has 0 saturated carbocycles. The highest BCUT2D eigenvalue weighted by molar-refractivity contribution is 7.84. The summed E-state index contributed by atoms with van der Waals surface area (Å²) in [6.07, 6.45) is 1.39. The van der Waals surface area contributed by atoms with Gasteiger partial charge in [0.05, 0.1) is 44.1 Å². The van der Waals surface area contributed by atoms with Gasteiger partial charge >= 0.3 is 18.3 Å². The highest BCUT2D eigenvalue weighted by Crippen LogP contribution is 2.52. The molecule has 1 aliphatic heterocycles. The lowest BCUT2D eigenvalue weighted by molar-refractivity contribution is 0.0427. The van der Waals surface area contributed by atoms with Gasteiger partial charge in [0.1, 0.15) is 51.6 Å². The van der Waals surface area contributed by atoms with Crippen LogP contribution in [0.25, 0.3) is 32.1 Å². The van der Waals surface area contributed by atoms with Crippen LogP contribution in [-0.2, 0) is 25.0 Å². The Morgan fingerprint density at radius 3 is 2.27 bits per heavy atom. The number of benzene rings is 2. The van der Waals surface area contributed by atoms with E-state index >= 15 is 8.78 Å². The lowest BCUT2D eigenvalue weighted by atomic mass is 9.96. The second-order valence-corrected chi connectivity index (χ2v) is 20.1. The molecule has 0 spiro atoms. The quantitative estimate of drug-likeness (QED) is 0.0880. The van der Waals surface area contributed by atoms with E-state index < -0.39 is 63.6 Å². The Labute approximate surface area is 379 Å². The van der Waals surface area contributed by atoms with Crippen molar-refractivity contribution >= 4 is 89.6 Å². The molecule has 5 aromatic rings. The van der Waals surface area contributed by atoms with Crippen molar-refractivity contribution in [3.63, 3.8) is 0 Å². The number of carbonyl (C=O) groups is 3. The van der Waals surface area contributed by atoms with Crippen LogP contribution in [0.2, 0.25) is 5.02 Å². The number of aromatic nitrogens is 3. The molecule has 20 heteroatoms. The summed E-state index contributed by atoms with van der Waals surface area (Å²) in [6.45, 7) is 18.6. The Morgan fingerprint density at radius 2 is 1.69 bits per heavy atom. The maximum atomic E-state index is 17.7. The number of rotatable bonds is 8. The van der Waals surface area contributed by atoms with E-state index in [4.69, 9.17) is 30.5 Å². The van der Waals surface area contributed by atoms with Crippen LogP contribution < -0.4 is 19.9 Å². The van der Waals surface area contributed by atoms with Crippen molar-refractivity contribution in [2.45, 2.75) is 96.7 Å². The normalized spacial score (nSPS) is 13.9. The second-order valence-electron chi connectivity index (χ2n) is 17.5. The first-order chi connectivity index (χ1) is 29.9. The van der Waals surface area contributed by atoms with Crippen LogP contribution in [0, 0.1) is 23.0 Å². The number of hydrogen-bond acceptors (Lipinski definition) is 14. The SMILES string of the molecule is C=CC[C@H](c1cccnc1N(C(=O)OC(C)(C)C)C(=O)OC(C)(C)C)N1CCOc2c(Cl)c(-c3ccc(F)c4sc(NC(=O)OC(C)(C)C)c(C#N)c34)c(F)c3nc(S(C)=O)nc1c23. The third-order valence-electron chi connectivity index (χ3n) is 9.14. The number of carbonyl (C=O) groups excluding carboxylic acids is 3. The van der Waals surface area contributed by atoms with E-state index in [-0.39, 0.29) is 89.8 Å². The molecule has 0 bridgehead atoms. The number of amides is 3. The number of nitriles is 1. The minimum Gasteiger partial charge on any atom is -0.489 e. The maximum Gasteiger partial charge on any atom is 0.425 e.